The molecule has 4 nitrogen and oxygen atoms in total. The van der Waals surface area contributed by atoms with Gasteiger partial charge in [-0.1, -0.05) is 17.7 Å². The maximum atomic E-state index is 12.6. The molecule has 0 aliphatic rings. The number of rotatable bonds is 3. The number of nitrogens with one attached hydrogen (secondary N) is 1. The van der Waals surface area contributed by atoms with Crippen molar-refractivity contribution < 1.29 is 18.1 Å². The maximum Gasteiger partial charge on any atom is 0.416 e. The first-order valence-electron chi connectivity index (χ1n) is 6.08. The summed E-state index contributed by atoms with van der Waals surface area (Å²) in [4.78, 5) is 10.2. The zero-order chi connectivity index (χ0) is 16.5. The van der Waals surface area contributed by atoms with Gasteiger partial charge in [0.1, 0.15) is 5.69 Å². The molecule has 0 heterocycles. The maximum absolute atomic E-state index is 12.6. The first-order valence-corrected chi connectivity index (χ1v) is 6.45. The summed E-state index contributed by atoms with van der Waals surface area (Å²) in [5.41, 5.74) is -0.654. The van der Waals surface area contributed by atoms with E-state index in [9.17, 15) is 23.3 Å². The Bertz CT molecular complexity index is 733. The van der Waals surface area contributed by atoms with Gasteiger partial charge in [-0.15, -0.1) is 0 Å². The highest BCUT2D eigenvalue weighted by molar-refractivity contribution is 6.31. The monoisotopic (exact) mass is 330 g/mol. The molecule has 0 aliphatic heterocycles. The third kappa shape index (κ3) is 3.30. The van der Waals surface area contributed by atoms with Crippen LogP contribution in [0, 0.1) is 17.0 Å². The lowest BCUT2D eigenvalue weighted by Crippen LogP contribution is -2.07. The lowest BCUT2D eigenvalue weighted by Gasteiger charge is -2.12. The molecule has 0 spiro atoms. The van der Waals surface area contributed by atoms with Crippen LogP contribution in [0.4, 0.5) is 30.2 Å². The SMILES string of the molecule is Cc1c(Cl)cccc1Nc1ccc(C(F)(F)F)cc1[N+](=O)[O-]. The summed E-state index contributed by atoms with van der Waals surface area (Å²) in [7, 11) is 0. The number of hydrogen-bond acceptors (Lipinski definition) is 3. The lowest BCUT2D eigenvalue weighted by molar-refractivity contribution is -0.384. The van der Waals surface area contributed by atoms with Crippen LogP contribution in [0.15, 0.2) is 36.4 Å². The van der Waals surface area contributed by atoms with Crippen molar-refractivity contribution in [1.29, 1.82) is 0 Å². The standard InChI is InChI=1S/C14H10ClF3N2O2/c1-8-10(15)3-2-4-11(8)19-12-6-5-9(14(16,17)18)7-13(12)20(21)22/h2-7,19H,1H3. The van der Waals surface area contributed by atoms with Crippen LogP contribution in [0.1, 0.15) is 11.1 Å². The Kier molecular flexibility index (Phi) is 4.27. The molecule has 22 heavy (non-hydrogen) atoms. The van der Waals surface area contributed by atoms with Crippen molar-refractivity contribution in [3.63, 3.8) is 0 Å². The molecule has 0 aliphatic carbocycles. The minimum atomic E-state index is -4.64. The number of anilines is 2. The number of halogens is 4. The third-order valence-corrected chi connectivity index (χ3v) is 3.47. The van der Waals surface area contributed by atoms with Crippen molar-refractivity contribution in [2.75, 3.05) is 5.32 Å². The van der Waals surface area contributed by atoms with E-state index in [0.717, 1.165) is 12.1 Å². The Morgan fingerprint density at radius 2 is 1.86 bits per heavy atom. The highest BCUT2D eigenvalue weighted by Gasteiger charge is 2.33. The molecule has 0 bridgehead atoms. The number of nitrogens with zero attached hydrogens (tertiary/aromatic N) is 1. The van der Waals surface area contributed by atoms with Crippen LogP contribution in [0.5, 0.6) is 0 Å². The highest BCUT2D eigenvalue weighted by atomic mass is 35.5. The van der Waals surface area contributed by atoms with Crippen molar-refractivity contribution in [3.8, 4) is 0 Å². The average Bonchev–Trinajstić information content (AvgIpc) is 2.43. The van der Waals surface area contributed by atoms with E-state index < -0.39 is 22.4 Å². The van der Waals surface area contributed by atoms with Crippen LogP contribution in [-0.2, 0) is 6.18 Å². The number of alkyl halides is 3. The van der Waals surface area contributed by atoms with Crippen molar-refractivity contribution in [2.24, 2.45) is 0 Å². The second-order valence-electron chi connectivity index (χ2n) is 4.52. The van der Waals surface area contributed by atoms with E-state index in [2.05, 4.69) is 5.32 Å². The smallest absolute Gasteiger partial charge is 0.350 e. The molecule has 0 aromatic heterocycles. The molecule has 1 N–H and O–H groups in total. The zero-order valence-electron chi connectivity index (χ0n) is 11.2. The second-order valence-corrected chi connectivity index (χ2v) is 4.93. The fourth-order valence-electron chi connectivity index (χ4n) is 1.85. The van der Waals surface area contributed by atoms with E-state index in [-0.39, 0.29) is 5.69 Å². The van der Waals surface area contributed by atoms with Crippen LogP contribution >= 0.6 is 11.6 Å². The van der Waals surface area contributed by atoms with Gasteiger partial charge in [-0.05, 0) is 36.8 Å². The number of hydrogen-bond donors (Lipinski definition) is 1. The third-order valence-electron chi connectivity index (χ3n) is 3.06. The molecule has 116 valence electrons. The van der Waals surface area contributed by atoms with Crippen LogP contribution in [0.3, 0.4) is 0 Å². The van der Waals surface area contributed by atoms with Gasteiger partial charge in [0.15, 0.2) is 0 Å². The topological polar surface area (TPSA) is 55.2 Å². The molecule has 2 aromatic carbocycles. The van der Waals surface area contributed by atoms with E-state index in [1.807, 2.05) is 0 Å². The molecule has 0 saturated heterocycles. The van der Waals surface area contributed by atoms with Crippen molar-refractivity contribution >= 4 is 28.7 Å². The first kappa shape index (κ1) is 16.1. The molecule has 2 aromatic rings. The predicted octanol–water partition coefficient (Wildman–Crippen LogP) is 5.32. The molecule has 8 heteroatoms. The van der Waals surface area contributed by atoms with Crippen LogP contribution < -0.4 is 5.32 Å². The van der Waals surface area contributed by atoms with Gasteiger partial charge in [0.05, 0.1) is 10.5 Å². The highest BCUT2D eigenvalue weighted by Crippen LogP contribution is 2.36. The van der Waals surface area contributed by atoms with Gasteiger partial charge in [-0.3, -0.25) is 10.1 Å². The van der Waals surface area contributed by atoms with Gasteiger partial charge in [-0.25, -0.2) is 0 Å². The molecule has 2 rings (SSSR count). The van der Waals surface area contributed by atoms with Crippen molar-refractivity contribution in [2.45, 2.75) is 13.1 Å². The van der Waals surface area contributed by atoms with Crippen LogP contribution in [0.25, 0.3) is 0 Å². The number of nitro benzene ring substituents is 1. The van der Waals surface area contributed by atoms with Gasteiger partial charge < -0.3 is 5.32 Å². The van der Waals surface area contributed by atoms with Crippen LogP contribution in [-0.4, -0.2) is 4.92 Å². The summed E-state index contributed by atoms with van der Waals surface area (Å²) in [6.07, 6.45) is -4.64. The van der Waals surface area contributed by atoms with E-state index in [1.54, 1.807) is 25.1 Å². The minimum absolute atomic E-state index is 0.0385. The predicted molar refractivity (Wildman–Crippen MR) is 77.6 cm³/mol. The average molecular weight is 331 g/mol. The Morgan fingerprint density at radius 1 is 1.18 bits per heavy atom. The summed E-state index contributed by atoms with van der Waals surface area (Å²) in [5.74, 6) is 0. The molecular weight excluding hydrogens is 321 g/mol. The summed E-state index contributed by atoms with van der Waals surface area (Å²) in [6, 6.07) is 7.22. The Hall–Kier alpha value is -2.28. The number of benzene rings is 2. The summed E-state index contributed by atoms with van der Waals surface area (Å²) >= 11 is 5.94. The Morgan fingerprint density at radius 3 is 2.45 bits per heavy atom. The van der Waals surface area contributed by atoms with Gasteiger partial charge in [0.2, 0.25) is 0 Å². The lowest BCUT2D eigenvalue weighted by atomic mass is 10.1. The van der Waals surface area contributed by atoms with Gasteiger partial charge in [0.25, 0.3) is 5.69 Å². The molecule has 0 unspecified atom stereocenters. The molecule has 0 radical (unpaired) electrons. The van der Waals surface area contributed by atoms with E-state index in [1.165, 1.54) is 0 Å². The molecule has 0 saturated carbocycles. The molecule has 0 atom stereocenters. The number of nitro groups is 1. The van der Waals surface area contributed by atoms with Gasteiger partial charge >= 0.3 is 6.18 Å². The van der Waals surface area contributed by atoms with E-state index >= 15 is 0 Å². The fraction of sp³-hybridized carbons (Fsp3) is 0.143. The van der Waals surface area contributed by atoms with Gasteiger partial charge in [0, 0.05) is 16.8 Å². The summed E-state index contributed by atoms with van der Waals surface area (Å²) in [6.45, 7) is 1.70. The normalized spacial score (nSPS) is 11.3. The summed E-state index contributed by atoms with van der Waals surface area (Å²) in [5, 5.41) is 14.2. The quantitative estimate of drug-likeness (QED) is 0.612. The zero-order valence-corrected chi connectivity index (χ0v) is 12.0. The van der Waals surface area contributed by atoms with E-state index in [4.69, 9.17) is 11.6 Å². The van der Waals surface area contributed by atoms with Crippen LogP contribution in [0.2, 0.25) is 5.02 Å². The Balaban J connectivity index is 2.47. The molecule has 0 amide bonds. The molecular formula is C14H10ClF3N2O2. The molecule has 0 fully saturated rings. The first-order chi connectivity index (χ1) is 10.2. The van der Waals surface area contributed by atoms with Crippen molar-refractivity contribution in [1.82, 2.24) is 0 Å². The fourth-order valence-corrected chi connectivity index (χ4v) is 2.03. The van der Waals surface area contributed by atoms with Crippen molar-refractivity contribution in [3.05, 3.63) is 62.7 Å². The van der Waals surface area contributed by atoms with E-state index in [0.29, 0.717) is 22.3 Å². The largest absolute Gasteiger partial charge is 0.416 e. The second kappa shape index (κ2) is 5.84. The minimum Gasteiger partial charge on any atom is -0.350 e. The Labute approximate surface area is 128 Å². The van der Waals surface area contributed by atoms with Gasteiger partial charge in [-0.2, -0.15) is 13.2 Å². The summed E-state index contributed by atoms with van der Waals surface area (Å²) < 4.78 is 37.9.